The maximum atomic E-state index is 11.9. The molecule has 0 aliphatic carbocycles. The fraction of sp³-hybridized carbons (Fsp3) is 0.0400. The van der Waals surface area contributed by atoms with Crippen molar-refractivity contribution in [2.24, 2.45) is 0 Å². The topological polar surface area (TPSA) is 84.3 Å². The minimum atomic E-state index is -1.33. The van der Waals surface area contributed by atoms with E-state index in [-0.39, 0.29) is 0 Å². The SMILES string of the molecule is Nc1ccc(C(O)(c2ccc(N)cc2)c2ccc(Nc3ccccc3)cc2)cc1. The summed E-state index contributed by atoms with van der Waals surface area (Å²) >= 11 is 0. The van der Waals surface area contributed by atoms with Crippen molar-refractivity contribution in [3.05, 3.63) is 120 Å². The highest BCUT2D eigenvalue weighted by molar-refractivity contribution is 5.61. The van der Waals surface area contributed by atoms with E-state index in [1.54, 1.807) is 24.3 Å². The van der Waals surface area contributed by atoms with Crippen molar-refractivity contribution in [3.63, 3.8) is 0 Å². The third-order valence-corrected chi connectivity index (χ3v) is 5.02. The minimum absolute atomic E-state index is 0.649. The molecule has 4 aromatic rings. The van der Waals surface area contributed by atoms with Crippen LogP contribution in [0, 0.1) is 0 Å². The molecule has 0 saturated carbocycles. The summed E-state index contributed by atoms with van der Waals surface area (Å²) in [4.78, 5) is 0. The van der Waals surface area contributed by atoms with Crippen LogP contribution in [0.1, 0.15) is 16.7 Å². The highest BCUT2D eigenvalue weighted by Crippen LogP contribution is 2.38. The molecule has 29 heavy (non-hydrogen) atoms. The third kappa shape index (κ3) is 3.79. The van der Waals surface area contributed by atoms with E-state index in [1.807, 2.05) is 78.9 Å². The number of nitrogens with one attached hydrogen (secondary N) is 1. The summed E-state index contributed by atoms with van der Waals surface area (Å²) in [6, 6.07) is 32.3. The molecule has 0 atom stereocenters. The maximum Gasteiger partial charge on any atom is 0.140 e. The fourth-order valence-corrected chi connectivity index (χ4v) is 3.43. The Hall–Kier alpha value is -3.76. The molecule has 4 heteroatoms. The van der Waals surface area contributed by atoms with Gasteiger partial charge in [-0.25, -0.2) is 0 Å². The van der Waals surface area contributed by atoms with Gasteiger partial charge in [0.2, 0.25) is 0 Å². The summed E-state index contributed by atoms with van der Waals surface area (Å²) < 4.78 is 0. The zero-order valence-corrected chi connectivity index (χ0v) is 15.9. The molecule has 0 unspecified atom stereocenters. The molecule has 0 aliphatic heterocycles. The van der Waals surface area contributed by atoms with E-state index in [4.69, 9.17) is 11.5 Å². The summed E-state index contributed by atoms with van der Waals surface area (Å²) in [6.45, 7) is 0. The zero-order valence-electron chi connectivity index (χ0n) is 15.9. The quantitative estimate of drug-likeness (QED) is 0.293. The lowest BCUT2D eigenvalue weighted by atomic mass is 9.80. The Balaban J connectivity index is 1.75. The Morgan fingerprint density at radius 1 is 0.517 bits per heavy atom. The number of aliphatic hydroxyl groups is 1. The van der Waals surface area contributed by atoms with Crippen LogP contribution < -0.4 is 16.8 Å². The van der Waals surface area contributed by atoms with Gasteiger partial charge in [0.1, 0.15) is 5.60 Å². The van der Waals surface area contributed by atoms with Crippen LogP contribution in [0.3, 0.4) is 0 Å². The van der Waals surface area contributed by atoms with Gasteiger partial charge in [0.25, 0.3) is 0 Å². The number of hydrogen-bond donors (Lipinski definition) is 4. The second-order valence-corrected chi connectivity index (χ2v) is 7.02. The second kappa shape index (κ2) is 7.70. The fourth-order valence-electron chi connectivity index (χ4n) is 3.43. The highest BCUT2D eigenvalue weighted by atomic mass is 16.3. The average molecular weight is 381 g/mol. The van der Waals surface area contributed by atoms with Crippen LogP contribution in [0.15, 0.2) is 103 Å². The summed E-state index contributed by atoms with van der Waals surface area (Å²) in [5.41, 5.74) is 15.9. The summed E-state index contributed by atoms with van der Waals surface area (Å²) in [6.07, 6.45) is 0. The number of anilines is 4. The van der Waals surface area contributed by atoms with Crippen LogP contribution in [-0.2, 0) is 5.60 Å². The van der Waals surface area contributed by atoms with Crippen LogP contribution in [0.5, 0.6) is 0 Å². The Morgan fingerprint density at radius 2 is 0.897 bits per heavy atom. The van der Waals surface area contributed by atoms with E-state index >= 15 is 0 Å². The molecule has 0 bridgehead atoms. The molecular formula is C25H23N3O. The van der Waals surface area contributed by atoms with E-state index in [0.717, 1.165) is 28.1 Å². The molecule has 0 heterocycles. The van der Waals surface area contributed by atoms with Gasteiger partial charge in [-0.15, -0.1) is 0 Å². The smallest absolute Gasteiger partial charge is 0.140 e. The average Bonchev–Trinajstić information content (AvgIpc) is 2.75. The lowest BCUT2D eigenvalue weighted by Crippen LogP contribution is -2.28. The maximum absolute atomic E-state index is 11.9. The lowest BCUT2D eigenvalue weighted by molar-refractivity contribution is 0.126. The van der Waals surface area contributed by atoms with Crippen LogP contribution in [0.4, 0.5) is 22.7 Å². The van der Waals surface area contributed by atoms with Crippen molar-refractivity contribution >= 4 is 22.7 Å². The zero-order chi connectivity index (χ0) is 20.3. The van der Waals surface area contributed by atoms with E-state index in [1.165, 1.54) is 0 Å². The van der Waals surface area contributed by atoms with Gasteiger partial charge in [-0.3, -0.25) is 0 Å². The molecule has 0 spiro atoms. The molecule has 4 nitrogen and oxygen atoms in total. The van der Waals surface area contributed by atoms with Crippen molar-refractivity contribution in [1.29, 1.82) is 0 Å². The second-order valence-electron chi connectivity index (χ2n) is 7.02. The van der Waals surface area contributed by atoms with E-state index in [0.29, 0.717) is 11.4 Å². The van der Waals surface area contributed by atoms with Gasteiger partial charge in [0.15, 0.2) is 0 Å². The largest absolute Gasteiger partial charge is 0.399 e. The van der Waals surface area contributed by atoms with E-state index in [9.17, 15) is 5.11 Å². The summed E-state index contributed by atoms with van der Waals surface area (Å²) in [5.74, 6) is 0. The van der Waals surface area contributed by atoms with Gasteiger partial charge in [0.05, 0.1) is 0 Å². The monoisotopic (exact) mass is 381 g/mol. The van der Waals surface area contributed by atoms with E-state index in [2.05, 4.69) is 5.32 Å². The van der Waals surface area contributed by atoms with Gasteiger partial charge in [-0.2, -0.15) is 0 Å². The van der Waals surface area contributed by atoms with Crippen molar-refractivity contribution in [2.45, 2.75) is 5.60 Å². The first-order valence-corrected chi connectivity index (χ1v) is 9.43. The number of hydrogen-bond acceptors (Lipinski definition) is 4. The molecule has 0 radical (unpaired) electrons. The van der Waals surface area contributed by atoms with Crippen LogP contribution in [0.25, 0.3) is 0 Å². The first-order chi connectivity index (χ1) is 14.1. The molecule has 4 aromatic carbocycles. The van der Waals surface area contributed by atoms with Crippen LogP contribution in [0.2, 0.25) is 0 Å². The molecule has 4 rings (SSSR count). The first kappa shape index (κ1) is 18.6. The van der Waals surface area contributed by atoms with Gasteiger partial charge < -0.3 is 21.9 Å². The molecule has 144 valence electrons. The number of nitrogen functional groups attached to an aromatic ring is 2. The number of nitrogens with two attached hydrogens (primary N) is 2. The van der Waals surface area contributed by atoms with Gasteiger partial charge in [-0.1, -0.05) is 54.6 Å². The molecule has 0 saturated heterocycles. The van der Waals surface area contributed by atoms with Crippen LogP contribution >= 0.6 is 0 Å². The van der Waals surface area contributed by atoms with Crippen LogP contribution in [-0.4, -0.2) is 5.11 Å². The Kier molecular flexibility index (Phi) is 4.94. The standard InChI is InChI=1S/C25H23N3O/c26-21-12-6-18(7-13-21)25(29,19-8-14-22(27)15-9-19)20-10-16-24(17-11-20)28-23-4-2-1-3-5-23/h1-17,28-29H,26-27H2. The van der Waals surface area contributed by atoms with Crippen molar-refractivity contribution in [3.8, 4) is 0 Å². The predicted octanol–water partition coefficient (Wildman–Crippen LogP) is 4.88. The van der Waals surface area contributed by atoms with Gasteiger partial charge in [-0.05, 0) is 65.2 Å². The van der Waals surface area contributed by atoms with Crippen molar-refractivity contribution in [1.82, 2.24) is 0 Å². The molecule has 6 N–H and O–H groups in total. The summed E-state index contributed by atoms with van der Waals surface area (Å²) in [5, 5.41) is 15.2. The van der Waals surface area contributed by atoms with Gasteiger partial charge in [0, 0.05) is 22.7 Å². The Labute approximate surface area is 170 Å². The van der Waals surface area contributed by atoms with Gasteiger partial charge >= 0.3 is 0 Å². The molecular weight excluding hydrogens is 358 g/mol. The van der Waals surface area contributed by atoms with Crippen molar-refractivity contribution in [2.75, 3.05) is 16.8 Å². The first-order valence-electron chi connectivity index (χ1n) is 9.43. The molecule has 0 amide bonds. The number of para-hydroxylation sites is 1. The minimum Gasteiger partial charge on any atom is -0.399 e. The molecule has 0 fully saturated rings. The lowest BCUT2D eigenvalue weighted by Gasteiger charge is -2.30. The third-order valence-electron chi connectivity index (χ3n) is 5.02. The number of benzene rings is 4. The highest BCUT2D eigenvalue weighted by Gasteiger charge is 2.33. The summed E-state index contributed by atoms with van der Waals surface area (Å²) in [7, 11) is 0. The van der Waals surface area contributed by atoms with E-state index < -0.39 is 5.60 Å². The normalized spacial score (nSPS) is 11.2. The van der Waals surface area contributed by atoms with Crippen molar-refractivity contribution < 1.29 is 5.11 Å². The Bertz CT molecular complexity index is 1030. The number of rotatable bonds is 5. The Morgan fingerprint density at radius 3 is 1.34 bits per heavy atom. The molecule has 0 aromatic heterocycles. The predicted molar refractivity (Wildman–Crippen MR) is 120 cm³/mol. The molecule has 0 aliphatic rings.